The van der Waals surface area contributed by atoms with E-state index in [-0.39, 0.29) is 24.9 Å². The van der Waals surface area contributed by atoms with Gasteiger partial charge >= 0.3 is 6.03 Å². The maximum atomic E-state index is 12.6. The summed E-state index contributed by atoms with van der Waals surface area (Å²) in [6.45, 7) is -0.0269. The number of amides is 3. The number of carbonyl (C=O) groups excluding carboxylic acids is 2. The van der Waals surface area contributed by atoms with E-state index in [4.69, 9.17) is 15.6 Å². The van der Waals surface area contributed by atoms with Crippen LogP contribution in [0.4, 0.5) is 21.4 Å². The van der Waals surface area contributed by atoms with Crippen molar-refractivity contribution in [2.75, 3.05) is 36.6 Å². The molecule has 35 heavy (non-hydrogen) atoms. The van der Waals surface area contributed by atoms with Gasteiger partial charge in [0.2, 0.25) is 0 Å². The second-order valence-corrected chi connectivity index (χ2v) is 9.00. The molecule has 3 amide bonds. The molecule has 180 valence electrons. The number of nitrogen functional groups attached to an aromatic ring is 1. The zero-order valence-electron chi connectivity index (χ0n) is 18.6. The lowest BCUT2D eigenvalue weighted by Gasteiger charge is -2.08. The molecule has 2 aromatic carbocycles. The van der Waals surface area contributed by atoms with Crippen LogP contribution in [0.5, 0.6) is 5.75 Å². The van der Waals surface area contributed by atoms with Crippen molar-refractivity contribution >= 4 is 51.2 Å². The summed E-state index contributed by atoms with van der Waals surface area (Å²) in [6.07, 6.45) is 0. The molecule has 0 saturated carbocycles. The number of urea groups is 1. The van der Waals surface area contributed by atoms with Crippen molar-refractivity contribution in [2.24, 2.45) is 0 Å². The number of nitrogens with two attached hydrogens (primary N) is 1. The first-order valence-corrected chi connectivity index (χ1v) is 12.1. The van der Waals surface area contributed by atoms with Crippen molar-refractivity contribution in [1.82, 2.24) is 15.3 Å². The summed E-state index contributed by atoms with van der Waals surface area (Å²) in [6, 6.07) is 13.8. The number of aromatic nitrogens is 2. The first kappa shape index (κ1) is 24.1. The largest absolute Gasteiger partial charge is 0.497 e. The molecule has 0 atom stereocenters. The summed E-state index contributed by atoms with van der Waals surface area (Å²) in [5, 5.41) is 19.6. The molecular formula is C23H22N6O4S2. The molecule has 0 saturated heterocycles. The zero-order chi connectivity index (χ0) is 24.8. The number of carbonyl (C=O) groups is 2. The lowest BCUT2D eigenvalue weighted by molar-refractivity contribution is 0.102. The van der Waals surface area contributed by atoms with Gasteiger partial charge in [0, 0.05) is 28.7 Å². The first-order chi connectivity index (χ1) is 17.0. The van der Waals surface area contributed by atoms with Crippen molar-refractivity contribution in [2.45, 2.75) is 0 Å². The fourth-order valence-corrected chi connectivity index (χ4v) is 4.89. The second-order valence-electron chi connectivity index (χ2n) is 7.14. The minimum atomic E-state index is -0.480. The van der Waals surface area contributed by atoms with Gasteiger partial charge in [-0.1, -0.05) is 29.5 Å². The number of nitrogens with one attached hydrogen (secondary N) is 3. The van der Waals surface area contributed by atoms with E-state index in [1.54, 1.807) is 37.4 Å². The van der Waals surface area contributed by atoms with Crippen LogP contribution >= 0.6 is 22.7 Å². The maximum absolute atomic E-state index is 12.6. The number of benzene rings is 2. The van der Waals surface area contributed by atoms with Gasteiger partial charge in [-0.15, -0.1) is 11.3 Å². The van der Waals surface area contributed by atoms with Crippen LogP contribution < -0.4 is 26.4 Å². The molecule has 10 nitrogen and oxygen atoms in total. The number of methoxy groups -OCH3 is 1. The number of rotatable bonds is 8. The Bertz CT molecular complexity index is 1350. The highest BCUT2D eigenvalue weighted by Gasteiger charge is 2.17. The van der Waals surface area contributed by atoms with Gasteiger partial charge in [0.1, 0.15) is 21.5 Å². The predicted molar refractivity (Wildman–Crippen MR) is 138 cm³/mol. The summed E-state index contributed by atoms with van der Waals surface area (Å²) >= 11 is 2.60. The summed E-state index contributed by atoms with van der Waals surface area (Å²) in [5.41, 5.74) is 8.70. The van der Waals surface area contributed by atoms with Crippen LogP contribution in [0.3, 0.4) is 0 Å². The van der Waals surface area contributed by atoms with Crippen LogP contribution in [0, 0.1) is 0 Å². The number of nitrogens with zero attached hydrogens (tertiary/aromatic N) is 2. The molecule has 0 aliphatic heterocycles. The van der Waals surface area contributed by atoms with Crippen molar-refractivity contribution < 1.29 is 19.4 Å². The topological polar surface area (TPSA) is 151 Å². The quantitative estimate of drug-likeness (QED) is 0.241. The van der Waals surface area contributed by atoms with Gasteiger partial charge in [-0.05, 0) is 30.3 Å². The smallest absolute Gasteiger partial charge is 0.321 e. The number of aliphatic hydroxyl groups excluding tert-OH is 1. The average Bonchev–Trinajstić information content (AvgIpc) is 3.49. The Balaban J connectivity index is 1.49. The van der Waals surface area contributed by atoms with Crippen LogP contribution in [-0.2, 0) is 0 Å². The molecule has 0 spiro atoms. The summed E-state index contributed by atoms with van der Waals surface area (Å²) < 4.78 is 5.18. The third kappa shape index (κ3) is 5.93. The van der Waals surface area contributed by atoms with E-state index in [0.717, 1.165) is 5.56 Å². The van der Waals surface area contributed by atoms with E-state index < -0.39 is 6.03 Å². The molecular weight excluding hydrogens is 488 g/mol. The van der Waals surface area contributed by atoms with Crippen LogP contribution in [0.15, 0.2) is 53.9 Å². The standard InChI is InChI=1S/C23H22N6O4S2/c1-33-16-7-3-5-14(11-16)20(31)26-15-6-2-4-13(10-15)17-12-34-21(27-17)18-19(24)28-23(35-18)29-22(32)25-8-9-30/h2-7,10-12,30H,8-9,24H2,1H3,(H,26,31)(H2,25,28,29,32). The monoisotopic (exact) mass is 510 g/mol. The Morgan fingerprint density at radius 1 is 1.11 bits per heavy atom. The predicted octanol–water partition coefficient (Wildman–Crippen LogP) is 3.89. The van der Waals surface area contributed by atoms with Crippen LogP contribution in [-0.4, -0.2) is 47.3 Å². The van der Waals surface area contributed by atoms with Crippen LogP contribution in [0.25, 0.3) is 21.1 Å². The first-order valence-electron chi connectivity index (χ1n) is 10.4. The van der Waals surface area contributed by atoms with Gasteiger partial charge < -0.3 is 26.2 Å². The fourth-order valence-electron chi connectivity index (χ4n) is 3.08. The molecule has 0 aliphatic carbocycles. The molecule has 2 aromatic heterocycles. The van der Waals surface area contributed by atoms with E-state index in [9.17, 15) is 9.59 Å². The fraction of sp³-hybridized carbons (Fsp3) is 0.130. The summed E-state index contributed by atoms with van der Waals surface area (Å²) in [5.74, 6) is 0.612. The van der Waals surface area contributed by atoms with Gasteiger partial charge in [-0.25, -0.2) is 14.8 Å². The van der Waals surface area contributed by atoms with E-state index >= 15 is 0 Å². The van der Waals surface area contributed by atoms with Gasteiger partial charge in [0.05, 0.1) is 19.4 Å². The number of ether oxygens (including phenoxy) is 1. The highest BCUT2D eigenvalue weighted by Crippen LogP contribution is 2.38. The maximum Gasteiger partial charge on any atom is 0.321 e. The second kappa shape index (κ2) is 11.0. The molecule has 0 radical (unpaired) electrons. The van der Waals surface area contributed by atoms with Gasteiger partial charge in [0.15, 0.2) is 5.13 Å². The van der Waals surface area contributed by atoms with Crippen molar-refractivity contribution in [3.8, 4) is 26.9 Å². The summed E-state index contributed by atoms with van der Waals surface area (Å²) in [7, 11) is 1.55. The normalized spacial score (nSPS) is 10.6. The Morgan fingerprint density at radius 2 is 1.94 bits per heavy atom. The molecule has 4 aromatic rings. The van der Waals surface area contributed by atoms with E-state index in [2.05, 4.69) is 25.9 Å². The van der Waals surface area contributed by atoms with Crippen molar-refractivity contribution in [1.29, 1.82) is 0 Å². The number of hydrogen-bond donors (Lipinski definition) is 5. The molecule has 2 heterocycles. The average molecular weight is 511 g/mol. The van der Waals surface area contributed by atoms with Gasteiger partial charge in [-0.3, -0.25) is 10.1 Å². The van der Waals surface area contributed by atoms with Gasteiger partial charge in [-0.2, -0.15) is 0 Å². The Hall–Kier alpha value is -4.00. The molecule has 12 heteroatoms. The van der Waals surface area contributed by atoms with Gasteiger partial charge in [0.25, 0.3) is 5.91 Å². The molecule has 4 rings (SSSR count). The lowest BCUT2D eigenvalue weighted by atomic mass is 10.1. The molecule has 0 bridgehead atoms. The Morgan fingerprint density at radius 3 is 2.74 bits per heavy atom. The number of anilines is 3. The minimum Gasteiger partial charge on any atom is -0.497 e. The number of aliphatic hydroxyl groups is 1. The van der Waals surface area contributed by atoms with E-state index in [0.29, 0.717) is 37.7 Å². The third-order valence-corrected chi connectivity index (χ3v) is 6.70. The van der Waals surface area contributed by atoms with Crippen molar-refractivity contribution in [3.63, 3.8) is 0 Å². The molecule has 6 N–H and O–H groups in total. The summed E-state index contributed by atoms with van der Waals surface area (Å²) in [4.78, 5) is 33.9. The zero-order valence-corrected chi connectivity index (χ0v) is 20.2. The molecule has 0 unspecified atom stereocenters. The third-order valence-electron chi connectivity index (χ3n) is 4.72. The van der Waals surface area contributed by atoms with Crippen molar-refractivity contribution in [3.05, 3.63) is 59.5 Å². The number of hydrogen-bond acceptors (Lipinski definition) is 9. The van der Waals surface area contributed by atoms with Crippen LogP contribution in [0.2, 0.25) is 0 Å². The Kier molecular flexibility index (Phi) is 7.55. The van der Waals surface area contributed by atoms with E-state index in [1.165, 1.54) is 22.7 Å². The lowest BCUT2D eigenvalue weighted by Crippen LogP contribution is -2.30. The van der Waals surface area contributed by atoms with Crippen LogP contribution in [0.1, 0.15) is 10.4 Å². The SMILES string of the molecule is COc1cccc(C(=O)Nc2cccc(-c3csc(-c4sc(NC(=O)NCCO)nc4N)n3)c2)c1. The minimum absolute atomic E-state index is 0.133. The number of thiazole rings is 2. The Labute approximate surface area is 208 Å². The molecule has 0 aliphatic rings. The molecule has 0 fully saturated rings. The van der Waals surface area contributed by atoms with E-state index in [1.807, 2.05) is 23.6 Å². The highest BCUT2D eigenvalue weighted by atomic mass is 32.1. The highest BCUT2D eigenvalue weighted by molar-refractivity contribution is 7.23.